The van der Waals surface area contributed by atoms with Crippen molar-refractivity contribution in [3.05, 3.63) is 68.2 Å². The van der Waals surface area contributed by atoms with E-state index >= 15 is 0 Å². The second-order valence-electron chi connectivity index (χ2n) is 7.19. The Kier molecular flexibility index (Phi) is 6.07. The molecule has 1 N–H and O–H groups in total. The van der Waals surface area contributed by atoms with Gasteiger partial charge in [-0.3, -0.25) is 15.0 Å². The molecule has 1 fully saturated rings. The van der Waals surface area contributed by atoms with Crippen LogP contribution in [0.4, 0.5) is 22.2 Å². The SMILES string of the molecule is Cc1cccc(Nc2nn(CN3CCN(c4ccc([N+](=O)[O-])cc4)CC3)c(=S)s2)c1. The van der Waals surface area contributed by atoms with Crippen molar-refractivity contribution in [3.8, 4) is 0 Å². The molecule has 2 heterocycles. The van der Waals surface area contributed by atoms with Crippen molar-refractivity contribution < 1.29 is 4.92 Å². The number of nitrogens with one attached hydrogen (secondary N) is 1. The Morgan fingerprint density at radius 3 is 2.57 bits per heavy atom. The van der Waals surface area contributed by atoms with E-state index in [2.05, 4.69) is 39.3 Å². The second kappa shape index (κ2) is 8.90. The van der Waals surface area contributed by atoms with Gasteiger partial charge in [0.15, 0.2) is 3.95 Å². The molecule has 1 aliphatic heterocycles. The number of non-ortho nitro benzene ring substituents is 1. The van der Waals surface area contributed by atoms with Gasteiger partial charge in [0, 0.05) is 49.7 Å². The molecular formula is C20H22N6O2S2. The molecule has 0 aliphatic carbocycles. The molecule has 8 nitrogen and oxygen atoms in total. The number of benzene rings is 2. The number of hydrogen-bond donors (Lipinski definition) is 1. The summed E-state index contributed by atoms with van der Waals surface area (Å²) in [4.78, 5) is 15.0. The van der Waals surface area contributed by atoms with E-state index in [1.807, 2.05) is 28.9 Å². The van der Waals surface area contributed by atoms with Gasteiger partial charge in [-0.2, -0.15) is 0 Å². The van der Waals surface area contributed by atoms with Crippen LogP contribution in [0.5, 0.6) is 0 Å². The van der Waals surface area contributed by atoms with Crippen LogP contribution in [0.15, 0.2) is 48.5 Å². The van der Waals surface area contributed by atoms with Crippen molar-refractivity contribution in [1.82, 2.24) is 14.7 Å². The summed E-state index contributed by atoms with van der Waals surface area (Å²) < 4.78 is 2.60. The van der Waals surface area contributed by atoms with Gasteiger partial charge >= 0.3 is 0 Å². The first kappa shape index (κ1) is 20.5. The van der Waals surface area contributed by atoms with E-state index in [9.17, 15) is 10.1 Å². The maximum absolute atomic E-state index is 10.8. The molecular weight excluding hydrogens is 420 g/mol. The number of aromatic nitrogens is 2. The molecule has 0 saturated carbocycles. The number of nitro groups is 1. The van der Waals surface area contributed by atoms with Crippen molar-refractivity contribution in [2.45, 2.75) is 13.6 Å². The Labute approximate surface area is 183 Å². The quantitative estimate of drug-likeness (QED) is 0.344. The van der Waals surface area contributed by atoms with Crippen molar-refractivity contribution in [2.24, 2.45) is 0 Å². The first-order valence-corrected chi connectivity index (χ1v) is 10.8. The minimum absolute atomic E-state index is 0.116. The molecule has 1 aromatic heterocycles. The largest absolute Gasteiger partial charge is 0.369 e. The zero-order chi connectivity index (χ0) is 21.1. The van der Waals surface area contributed by atoms with Crippen LogP contribution < -0.4 is 10.2 Å². The highest BCUT2D eigenvalue weighted by Crippen LogP contribution is 2.23. The molecule has 0 amide bonds. The normalized spacial score (nSPS) is 14.6. The van der Waals surface area contributed by atoms with Gasteiger partial charge in [-0.25, -0.2) is 4.68 Å². The number of piperazine rings is 1. The monoisotopic (exact) mass is 442 g/mol. The molecule has 1 aliphatic rings. The van der Waals surface area contributed by atoms with Gasteiger partial charge in [0.1, 0.15) is 0 Å². The molecule has 1 saturated heterocycles. The number of anilines is 3. The van der Waals surface area contributed by atoms with E-state index < -0.39 is 0 Å². The lowest BCUT2D eigenvalue weighted by Crippen LogP contribution is -2.46. The number of rotatable bonds is 6. The van der Waals surface area contributed by atoms with Gasteiger partial charge in [-0.05, 0) is 49.0 Å². The van der Waals surface area contributed by atoms with Crippen LogP contribution in [0.3, 0.4) is 0 Å². The molecule has 4 rings (SSSR count). The zero-order valence-corrected chi connectivity index (χ0v) is 18.2. The highest BCUT2D eigenvalue weighted by Gasteiger charge is 2.19. The molecule has 0 unspecified atom stereocenters. The fraction of sp³-hybridized carbons (Fsp3) is 0.300. The van der Waals surface area contributed by atoms with Crippen molar-refractivity contribution in [1.29, 1.82) is 0 Å². The Morgan fingerprint density at radius 1 is 1.17 bits per heavy atom. The summed E-state index contributed by atoms with van der Waals surface area (Å²) in [6.07, 6.45) is 0. The third-order valence-corrected chi connectivity index (χ3v) is 6.23. The molecule has 30 heavy (non-hydrogen) atoms. The number of nitrogens with zero attached hydrogens (tertiary/aromatic N) is 5. The van der Waals surface area contributed by atoms with E-state index in [1.54, 1.807) is 12.1 Å². The van der Waals surface area contributed by atoms with Crippen molar-refractivity contribution >= 4 is 45.7 Å². The van der Waals surface area contributed by atoms with Gasteiger partial charge in [0.2, 0.25) is 5.13 Å². The van der Waals surface area contributed by atoms with Crippen LogP contribution in [0.1, 0.15) is 5.56 Å². The minimum Gasteiger partial charge on any atom is -0.369 e. The molecule has 0 bridgehead atoms. The molecule has 0 atom stereocenters. The molecule has 10 heteroatoms. The first-order valence-electron chi connectivity index (χ1n) is 9.61. The van der Waals surface area contributed by atoms with E-state index in [-0.39, 0.29) is 10.6 Å². The van der Waals surface area contributed by atoms with E-state index in [1.165, 1.54) is 16.9 Å². The lowest BCUT2D eigenvalue weighted by molar-refractivity contribution is -0.384. The average molecular weight is 443 g/mol. The Bertz CT molecular complexity index is 1090. The summed E-state index contributed by atoms with van der Waals surface area (Å²) in [5, 5.41) is 19.6. The zero-order valence-electron chi connectivity index (χ0n) is 16.5. The molecule has 3 aromatic rings. The van der Waals surface area contributed by atoms with E-state index in [0.717, 1.165) is 46.6 Å². The van der Waals surface area contributed by atoms with E-state index in [4.69, 9.17) is 12.2 Å². The first-order chi connectivity index (χ1) is 14.5. The number of hydrogen-bond acceptors (Lipinski definition) is 8. The van der Waals surface area contributed by atoms with Crippen LogP contribution in [0.2, 0.25) is 0 Å². The molecule has 2 aromatic carbocycles. The van der Waals surface area contributed by atoms with Crippen molar-refractivity contribution in [2.75, 3.05) is 36.4 Å². The van der Waals surface area contributed by atoms with Crippen LogP contribution in [-0.2, 0) is 6.67 Å². The summed E-state index contributed by atoms with van der Waals surface area (Å²) in [6, 6.07) is 14.9. The van der Waals surface area contributed by atoms with Gasteiger partial charge in [0.25, 0.3) is 5.69 Å². The van der Waals surface area contributed by atoms with E-state index in [0.29, 0.717) is 6.67 Å². The topological polar surface area (TPSA) is 79.5 Å². The summed E-state index contributed by atoms with van der Waals surface area (Å²) in [6.45, 7) is 6.15. The Morgan fingerprint density at radius 2 is 1.90 bits per heavy atom. The third-order valence-electron chi connectivity index (χ3n) is 5.01. The molecule has 156 valence electrons. The summed E-state index contributed by atoms with van der Waals surface area (Å²) in [5.74, 6) is 0. The number of aryl methyl sites for hydroxylation is 1. The van der Waals surface area contributed by atoms with Crippen LogP contribution in [0.25, 0.3) is 0 Å². The lowest BCUT2D eigenvalue weighted by Gasteiger charge is -2.35. The second-order valence-corrected chi connectivity index (χ2v) is 8.81. The maximum Gasteiger partial charge on any atom is 0.269 e. The Hall–Kier alpha value is -2.82. The molecule has 0 spiro atoms. The fourth-order valence-corrected chi connectivity index (χ4v) is 4.43. The predicted octanol–water partition coefficient (Wildman–Crippen LogP) is 4.41. The van der Waals surface area contributed by atoms with Gasteiger partial charge < -0.3 is 10.2 Å². The predicted molar refractivity (Wildman–Crippen MR) is 122 cm³/mol. The summed E-state index contributed by atoms with van der Waals surface area (Å²) >= 11 is 6.97. The Balaban J connectivity index is 1.34. The highest BCUT2D eigenvalue weighted by atomic mass is 32.1. The van der Waals surface area contributed by atoms with Gasteiger partial charge in [-0.15, -0.1) is 5.10 Å². The summed E-state index contributed by atoms with van der Waals surface area (Å²) in [5.41, 5.74) is 3.32. The summed E-state index contributed by atoms with van der Waals surface area (Å²) in [7, 11) is 0. The lowest BCUT2D eigenvalue weighted by atomic mass is 10.2. The smallest absolute Gasteiger partial charge is 0.269 e. The van der Waals surface area contributed by atoms with Gasteiger partial charge in [-0.1, -0.05) is 23.5 Å². The molecule has 0 radical (unpaired) electrons. The van der Waals surface area contributed by atoms with Crippen LogP contribution in [0, 0.1) is 21.0 Å². The van der Waals surface area contributed by atoms with Gasteiger partial charge in [0.05, 0.1) is 11.6 Å². The third kappa shape index (κ3) is 4.84. The van der Waals surface area contributed by atoms with Crippen LogP contribution in [-0.4, -0.2) is 45.8 Å². The van der Waals surface area contributed by atoms with Crippen molar-refractivity contribution in [3.63, 3.8) is 0 Å². The highest BCUT2D eigenvalue weighted by molar-refractivity contribution is 7.73. The maximum atomic E-state index is 10.8. The standard InChI is InChI=1S/C20H22N6O2S2/c1-15-3-2-4-16(13-15)21-19-22-25(20(29)30-19)14-23-9-11-24(12-10-23)17-5-7-18(8-6-17)26(27)28/h2-8,13H,9-12,14H2,1H3,(H,21,22). The minimum atomic E-state index is -0.374. The van der Waals surface area contributed by atoms with Crippen LogP contribution >= 0.6 is 23.6 Å². The fourth-order valence-electron chi connectivity index (χ4n) is 3.41. The number of nitro benzene ring substituents is 1. The average Bonchev–Trinajstić information content (AvgIpc) is 3.07.